The Morgan fingerprint density at radius 3 is 2.62 bits per heavy atom. The van der Waals surface area contributed by atoms with Crippen LogP contribution in [-0.4, -0.2) is 21.1 Å². The van der Waals surface area contributed by atoms with E-state index in [0.717, 1.165) is 17.4 Å². The van der Waals surface area contributed by atoms with Crippen molar-refractivity contribution in [2.75, 3.05) is 0 Å². The van der Waals surface area contributed by atoms with Crippen LogP contribution in [0.25, 0.3) is 16.9 Å². The van der Waals surface area contributed by atoms with Crippen LogP contribution in [0, 0.1) is 12.7 Å². The van der Waals surface area contributed by atoms with Gasteiger partial charge in [-0.25, -0.2) is 9.07 Å². The minimum absolute atomic E-state index is 0.315. The van der Waals surface area contributed by atoms with Gasteiger partial charge in [0.05, 0.1) is 11.3 Å². The molecular formula is C16H12FN3O. The molecule has 0 aliphatic carbocycles. The first-order valence-electron chi connectivity index (χ1n) is 6.40. The molecule has 3 rings (SSSR count). The zero-order valence-electron chi connectivity index (χ0n) is 11.3. The van der Waals surface area contributed by atoms with Gasteiger partial charge in [0.2, 0.25) is 0 Å². The van der Waals surface area contributed by atoms with E-state index in [2.05, 4.69) is 10.1 Å². The van der Waals surface area contributed by atoms with Crippen LogP contribution in [0.2, 0.25) is 0 Å². The molecule has 21 heavy (non-hydrogen) atoms. The van der Waals surface area contributed by atoms with Gasteiger partial charge in [-0.15, -0.1) is 0 Å². The van der Waals surface area contributed by atoms with Gasteiger partial charge in [0.1, 0.15) is 11.5 Å². The molecule has 1 aromatic carbocycles. The molecule has 0 amide bonds. The van der Waals surface area contributed by atoms with Gasteiger partial charge in [0.15, 0.2) is 6.29 Å². The lowest BCUT2D eigenvalue weighted by molar-refractivity contribution is 0.112. The van der Waals surface area contributed by atoms with Gasteiger partial charge >= 0.3 is 0 Å². The topological polar surface area (TPSA) is 47.8 Å². The van der Waals surface area contributed by atoms with Crippen molar-refractivity contribution in [2.24, 2.45) is 0 Å². The number of carbonyl (C=O) groups excluding carboxylic acids is 1. The molecule has 0 saturated carbocycles. The maximum atomic E-state index is 13.0. The van der Waals surface area contributed by atoms with E-state index in [4.69, 9.17) is 0 Å². The van der Waals surface area contributed by atoms with E-state index >= 15 is 0 Å². The minimum Gasteiger partial charge on any atom is -0.298 e. The summed E-state index contributed by atoms with van der Waals surface area (Å²) in [5, 5.41) is 4.42. The number of hydrogen-bond donors (Lipinski definition) is 0. The lowest BCUT2D eigenvalue weighted by Crippen LogP contribution is -1.95. The summed E-state index contributed by atoms with van der Waals surface area (Å²) in [4.78, 5) is 15.4. The number of aldehydes is 1. The predicted octanol–water partition coefficient (Wildman–Crippen LogP) is 3.19. The molecular weight excluding hydrogens is 269 g/mol. The second-order valence-corrected chi connectivity index (χ2v) is 4.72. The summed E-state index contributed by atoms with van der Waals surface area (Å²) in [6.45, 7) is 1.92. The van der Waals surface area contributed by atoms with Crippen LogP contribution in [0.3, 0.4) is 0 Å². The molecule has 0 aliphatic heterocycles. The second kappa shape index (κ2) is 5.28. The van der Waals surface area contributed by atoms with Gasteiger partial charge in [-0.05, 0) is 42.8 Å². The van der Waals surface area contributed by atoms with Gasteiger partial charge < -0.3 is 0 Å². The van der Waals surface area contributed by atoms with Crippen molar-refractivity contribution in [2.45, 2.75) is 6.92 Å². The molecule has 3 aromatic rings. The Bertz CT molecular complexity index is 794. The second-order valence-electron chi connectivity index (χ2n) is 4.72. The van der Waals surface area contributed by atoms with E-state index in [1.807, 2.05) is 13.0 Å². The van der Waals surface area contributed by atoms with Crippen molar-refractivity contribution in [1.29, 1.82) is 0 Å². The fourth-order valence-corrected chi connectivity index (χ4v) is 2.11. The molecule has 5 heteroatoms. The van der Waals surface area contributed by atoms with Crippen molar-refractivity contribution >= 4 is 6.29 Å². The molecule has 2 aromatic heterocycles. The maximum Gasteiger partial charge on any atom is 0.153 e. The Balaban J connectivity index is 2.10. The van der Waals surface area contributed by atoms with Gasteiger partial charge in [0.25, 0.3) is 0 Å². The quantitative estimate of drug-likeness (QED) is 0.693. The maximum absolute atomic E-state index is 13.0. The molecule has 0 radical (unpaired) electrons. The first kappa shape index (κ1) is 13.2. The molecule has 104 valence electrons. The summed E-state index contributed by atoms with van der Waals surface area (Å²) >= 11 is 0. The van der Waals surface area contributed by atoms with E-state index in [-0.39, 0.29) is 5.82 Å². The first-order chi connectivity index (χ1) is 10.2. The van der Waals surface area contributed by atoms with Gasteiger partial charge in [0, 0.05) is 24.2 Å². The third-order valence-corrected chi connectivity index (χ3v) is 3.11. The third-order valence-electron chi connectivity index (χ3n) is 3.11. The van der Waals surface area contributed by atoms with Gasteiger partial charge in [-0.3, -0.25) is 9.78 Å². The molecule has 0 spiro atoms. The van der Waals surface area contributed by atoms with Crippen molar-refractivity contribution in [3.05, 3.63) is 65.9 Å². The fraction of sp³-hybridized carbons (Fsp3) is 0.0625. The third kappa shape index (κ3) is 2.58. The molecule has 2 heterocycles. The van der Waals surface area contributed by atoms with Crippen molar-refractivity contribution in [3.8, 4) is 16.9 Å². The number of carbonyl (C=O) groups is 1. The van der Waals surface area contributed by atoms with Crippen LogP contribution in [0.15, 0.2) is 48.9 Å². The predicted molar refractivity (Wildman–Crippen MR) is 76.9 cm³/mol. The lowest BCUT2D eigenvalue weighted by Gasteiger charge is -2.01. The van der Waals surface area contributed by atoms with E-state index < -0.39 is 0 Å². The van der Waals surface area contributed by atoms with Crippen LogP contribution < -0.4 is 0 Å². The summed E-state index contributed by atoms with van der Waals surface area (Å²) in [6.07, 6.45) is 5.78. The Kier molecular flexibility index (Phi) is 3.31. The molecule has 0 saturated heterocycles. The highest BCUT2D eigenvalue weighted by atomic mass is 19.1. The first-order valence-corrected chi connectivity index (χ1v) is 6.40. The van der Waals surface area contributed by atoms with Gasteiger partial charge in [-0.2, -0.15) is 5.10 Å². The van der Waals surface area contributed by atoms with Crippen LogP contribution in [0.5, 0.6) is 0 Å². The summed E-state index contributed by atoms with van der Waals surface area (Å²) in [5.41, 5.74) is 3.47. The normalized spacial score (nSPS) is 10.6. The van der Waals surface area contributed by atoms with E-state index in [0.29, 0.717) is 16.9 Å². The summed E-state index contributed by atoms with van der Waals surface area (Å²) in [7, 11) is 0. The summed E-state index contributed by atoms with van der Waals surface area (Å²) in [6, 6.07) is 7.83. The van der Waals surface area contributed by atoms with Gasteiger partial charge in [-0.1, -0.05) is 0 Å². The number of halogens is 1. The Morgan fingerprint density at radius 2 is 1.95 bits per heavy atom. The van der Waals surface area contributed by atoms with Crippen LogP contribution in [0.4, 0.5) is 4.39 Å². The molecule has 4 nitrogen and oxygen atoms in total. The summed E-state index contributed by atoms with van der Waals surface area (Å²) in [5.74, 6) is -0.315. The highest BCUT2D eigenvalue weighted by molar-refractivity contribution is 5.85. The lowest BCUT2D eigenvalue weighted by atomic mass is 10.1. The van der Waals surface area contributed by atoms with Crippen molar-refractivity contribution in [3.63, 3.8) is 0 Å². The number of nitrogens with zero attached hydrogens (tertiary/aromatic N) is 3. The average Bonchev–Trinajstić information content (AvgIpc) is 2.92. The van der Waals surface area contributed by atoms with Crippen LogP contribution >= 0.6 is 0 Å². The number of aromatic nitrogens is 3. The number of aryl methyl sites for hydroxylation is 1. The monoisotopic (exact) mass is 281 g/mol. The highest BCUT2D eigenvalue weighted by Gasteiger charge is 2.12. The number of pyridine rings is 1. The smallest absolute Gasteiger partial charge is 0.153 e. The molecule has 0 unspecified atom stereocenters. The number of hydrogen-bond acceptors (Lipinski definition) is 3. The summed E-state index contributed by atoms with van der Waals surface area (Å²) < 4.78 is 14.5. The minimum atomic E-state index is -0.315. The molecule has 0 bridgehead atoms. The standard InChI is InChI=1S/C16H12FN3O/c1-11-6-12(8-18-7-11)16-13(10-21)9-20(19-16)15-4-2-14(17)3-5-15/h2-10H,1H3. The Hall–Kier alpha value is -2.82. The van der Waals surface area contributed by atoms with E-state index in [9.17, 15) is 9.18 Å². The SMILES string of the molecule is Cc1cncc(-c2nn(-c3ccc(F)cc3)cc2C=O)c1. The van der Waals surface area contributed by atoms with E-state index in [1.54, 1.807) is 35.4 Å². The zero-order chi connectivity index (χ0) is 14.8. The number of rotatable bonds is 3. The largest absolute Gasteiger partial charge is 0.298 e. The van der Waals surface area contributed by atoms with Crippen LogP contribution in [0.1, 0.15) is 15.9 Å². The van der Waals surface area contributed by atoms with Crippen LogP contribution in [-0.2, 0) is 0 Å². The fourth-order valence-electron chi connectivity index (χ4n) is 2.11. The number of benzene rings is 1. The van der Waals surface area contributed by atoms with E-state index in [1.165, 1.54) is 12.1 Å². The highest BCUT2D eigenvalue weighted by Crippen LogP contribution is 2.22. The average molecular weight is 281 g/mol. The molecule has 0 atom stereocenters. The van der Waals surface area contributed by atoms with Crippen molar-refractivity contribution < 1.29 is 9.18 Å². The molecule has 0 N–H and O–H groups in total. The molecule has 0 fully saturated rings. The molecule has 0 aliphatic rings. The Labute approximate surface area is 120 Å². The Morgan fingerprint density at radius 1 is 1.19 bits per heavy atom. The van der Waals surface area contributed by atoms with Crippen molar-refractivity contribution in [1.82, 2.24) is 14.8 Å². The zero-order valence-corrected chi connectivity index (χ0v) is 11.3.